The Labute approximate surface area is 167 Å². The number of hydrogen-bond donors (Lipinski definition) is 2. The van der Waals surface area contributed by atoms with Crippen LogP contribution in [-0.4, -0.2) is 38.2 Å². The fourth-order valence-electron chi connectivity index (χ4n) is 3.45. The van der Waals surface area contributed by atoms with Crippen molar-refractivity contribution in [3.05, 3.63) is 52.5 Å². The van der Waals surface area contributed by atoms with Crippen LogP contribution in [0.5, 0.6) is 0 Å². The second-order valence-electron chi connectivity index (χ2n) is 6.84. The van der Waals surface area contributed by atoms with E-state index >= 15 is 0 Å². The first kappa shape index (κ1) is 18.8. The number of halogens is 1. The van der Waals surface area contributed by atoms with Gasteiger partial charge in [0, 0.05) is 23.8 Å². The molecule has 4 rings (SSSR count). The summed E-state index contributed by atoms with van der Waals surface area (Å²) in [7, 11) is -3.95. The molecule has 9 heteroatoms. The van der Waals surface area contributed by atoms with Gasteiger partial charge in [-0.1, -0.05) is 11.6 Å². The fourth-order valence-corrected chi connectivity index (χ4v) is 4.75. The van der Waals surface area contributed by atoms with Crippen molar-refractivity contribution in [3.8, 4) is 0 Å². The highest BCUT2D eigenvalue weighted by atomic mass is 35.5. The molecule has 2 aromatic carbocycles. The highest BCUT2D eigenvalue weighted by molar-refractivity contribution is 7.92. The molecule has 1 saturated heterocycles. The van der Waals surface area contributed by atoms with Crippen LogP contribution < -0.4 is 10.0 Å². The molecule has 146 valence electrons. The molecule has 0 spiro atoms. The smallest absolute Gasteiger partial charge is 0.261 e. The topological polar surface area (TPSA) is 95.6 Å². The zero-order valence-electron chi connectivity index (χ0n) is 14.9. The summed E-state index contributed by atoms with van der Waals surface area (Å²) >= 11 is 6.05. The summed E-state index contributed by atoms with van der Waals surface area (Å²) < 4.78 is 28.3. The minimum absolute atomic E-state index is 0.0253. The van der Waals surface area contributed by atoms with E-state index in [-0.39, 0.29) is 34.4 Å². The van der Waals surface area contributed by atoms with Gasteiger partial charge < -0.3 is 10.2 Å². The minimum atomic E-state index is -3.95. The van der Waals surface area contributed by atoms with Crippen LogP contribution in [0.1, 0.15) is 28.8 Å². The Bertz CT molecular complexity index is 1080. The number of carbonyl (C=O) groups is 2. The number of nitrogens with one attached hydrogen (secondary N) is 2. The van der Waals surface area contributed by atoms with Crippen molar-refractivity contribution in [2.75, 3.05) is 23.1 Å². The first-order valence-corrected chi connectivity index (χ1v) is 10.7. The van der Waals surface area contributed by atoms with Gasteiger partial charge in [0.2, 0.25) is 5.91 Å². The monoisotopic (exact) mass is 419 g/mol. The molecule has 2 aliphatic heterocycles. The van der Waals surface area contributed by atoms with Crippen LogP contribution in [0, 0.1) is 0 Å². The van der Waals surface area contributed by atoms with Crippen molar-refractivity contribution < 1.29 is 18.0 Å². The van der Waals surface area contributed by atoms with E-state index in [1.165, 1.54) is 30.3 Å². The van der Waals surface area contributed by atoms with E-state index in [9.17, 15) is 18.0 Å². The molecule has 2 aliphatic rings. The molecule has 0 aromatic heterocycles. The highest BCUT2D eigenvalue weighted by Crippen LogP contribution is 2.29. The molecule has 0 bridgehead atoms. The van der Waals surface area contributed by atoms with Gasteiger partial charge in [-0.25, -0.2) is 8.42 Å². The zero-order valence-corrected chi connectivity index (χ0v) is 16.4. The zero-order chi connectivity index (χ0) is 19.9. The molecular weight excluding hydrogens is 402 g/mol. The van der Waals surface area contributed by atoms with E-state index in [2.05, 4.69) is 10.0 Å². The summed E-state index contributed by atoms with van der Waals surface area (Å²) in [6.07, 6.45) is 1.99. The van der Waals surface area contributed by atoms with Crippen LogP contribution in [0.25, 0.3) is 0 Å². The molecule has 0 radical (unpaired) electrons. The largest absolute Gasteiger partial charge is 0.339 e. The average Bonchev–Trinajstić information content (AvgIpc) is 3.30. The van der Waals surface area contributed by atoms with Crippen molar-refractivity contribution >= 4 is 44.8 Å². The number of likely N-dealkylation sites (tertiary alicyclic amines) is 1. The number of sulfonamides is 1. The third kappa shape index (κ3) is 3.57. The quantitative estimate of drug-likeness (QED) is 0.796. The van der Waals surface area contributed by atoms with Gasteiger partial charge in [-0.05, 0) is 54.8 Å². The van der Waals surface area contributed by atoms with Crippen LogP contribution in [0.15, 0.2) is 41.3 Å². The van der Waals surface area contributed by atoms with E-state index in [1.54, 1.807) is 11.0 Å². The minimum Gasteiger partial charge on any atom is -0.339 e. The normalized spacial score (nSPS) is 16.0. The van der Waals surface area contributed by atoms with Crippen LogP contribution in [-0.2, 0) is 21.2 Å². The Morgan fingerprint density at radius 2 is 1.86 bits per heavy atom. The summed E-state index contributed by atoms with van der Waals surface area (Å²) in [4.78, 5) is 26.0. The van der Waals surface area contributed by atoms with Gasteiger partial charge >= 0.3 is 0 Å². The van der Waals surface area contributed by atoms with Crippen molar-refractivity contribution in [1.82, 2.24) is 4.90 Å². The van der Waals surface area contributed by atoms with Crippen molar-refractivity contribution in [3.63, 3.8) is 0 Å². The van der Waals surface area contributed by atoms with E-state index in [0.717, 1.165) is 12.8 Å². The maximum absolute atomic E-state index is 12.9. The third-order valence-electron chi connectivity index (χ3n) is 4.86. The van der Waals surface area contributed by atoms with Gasteiger partial charge in [0.05, 0.1) is 22.6 Å². The van der Waals surface area contributed by atoms with Crippen LogP contribution in [0.4, 0.5) is 11.4 Å². The number of nitrogens with zero attached hydrogens (tertiary/aromatic N) is 1. The summed E-state index contributed by atoms with van der Waals surface area (Å²) in [6.45, 7) is 1.28. The van der Waals surface area contributed by atoms with Gasteiger partial charge in [0.25, 0.3) is 15.9 Å². The second kappa shape index (κ2) is 7.10. The first-order chi connectivity index (χ1) is 13.3. The lowest BCUT2D eigenvalue weighted by Crippen LogP contribution is -2.29. The number of benzene rings is 2. The Morgan fingerprint density at radius 1 is 1.11 bits per heavy atom. The lowest BCUT2D eigenvalue weighted by atomic mass is 10.1. The molecule has 7 nitrogen and oxygen atoms in total. The predicted molar refractivity (Wildman–Crippen MR) is 106 cm³/mol. The van der Waals surface area contributed by atoms with Crippen LogP contribution >= 0.6 is 11.6 Å². The summed E-state index contributed by atoms with van der Waals surface area (Å²) in [5, 5.41) is 3.02. The van der Waals surface area contributed by atoms with Gasteiger partial charge in [0.15, 0.2) is 0 Å². The molecule has 2 heterocycles. The third-order valence-corrected chi connectivity index (χ3v) is 6.46. The fraction of sp³-hybridized carbons (Fsp3) is 0.263. The molecule has 2 amide bonds. The number of rotatable bonds is 4. The van der Waals surface area contributed by atoms with E-state index in [1.807, 2.05) is 0 Å². The molecule has 0 unspecified atom stereocenters. The summed E-state index contributed by atoms with van der Waals surface area (Å²) in [6, 6.07) is 8.95. The molecule has 0 atom stereocenters. The SMILES string of the molecule is O=C1Cc2cc(S(=O)(=O)Nc3ccc(Cl)cc3C(=O)N3CCCC3)ccc2N1. The summed E-state index contributed by atoms with van der Waals surface area (Å²) in [5.74, 6) is -0.421. The molecule has 0 saturated carbocycles. The van der Waals surface area contributed by atoms with E-state index in [4.69, 9.17) is 11.6 Å². The number of fused-ring (bicyclic) bond motifs is 1. The van der Waals surface area contributed by atoms with Gasteiger partial charge in [-0.2, -0.15) is 0 Å². The lowest BCUT2D eigenvalue weighted by molar-refractivity contribution is -0.115. The summed E-state index contributed by atoms with van der Waals surface area (Å²) in [5.41, 5.74) is 1.63. The standard InChI is InChI=1S/C19H18ClN3O4S/c20-13-3-5-17(15(11-13)19(25)23-7-1-2-8-23)22-28(26,27)14-4-6-16-12(9-14)10-18(24)21-16/h3-6,9,11,22H,1-2,7-8,10H2,(H,21,24). The van der Waals surface area contributed by atoms with E-state index in [0.29, 0.717) is 29.4 Å². The van der Waals surface area contributed by atoms with Gasteiger partial charge in [0.1, 0.15) is 0 Å². The molecule has 28 heavy (non-hydrogen) atoms. The number of amides is 2. The molecule has 2 aromatic rings. The van der Waals surface area contributed by atoms with Gasteiger partial charge in [-0.3, -0.25) is 14.3 Å². The average molecular weight is 420 g/mol. The molecule has 1 fully saturated rings. The Hall–Kier alpha value is -2.58. The molecular formula is C19H18ClN3O4S. The van der Waals surface area contributed by atoms with Gasteiger partial charge in [-0.15, -0.1) is 0 Å². The number of hydrogen-bond acceptors (Lipinski definition) is 4. The maximum Gasteiger partial charge on any atom is 0.261 e. The van der Waals surface area contributed by atoms with Crippen LogP contribution in [0.2, 0.25) is 5.02 Å². The van der Waals surface area contributed by atoms with Crippen molar-refractivity contribution in [2.45, 2.75) is 24.2 Å². The second-order valence-corrected chi connectivity index (χ2v) is 8.96. The predicted octanol–water partition coefficient (Wildman–Crippen LogP) is 2.87. The van der Waals surface area contributed by atoms with E-state index < -0.39 is 10.0 Å². The molecule has 0 aliphatic carbocycles. The Morgan fingerprint density at radius 3 is 2.61 bits per heavy atom. The Balaban J connectivity index is 1.66. The maximum atomic E-state index is 12.9. The van der Waals surface area contributed by atoms with Crippen molar-refractivity contribution in [2.24, 2.45) is 0 Å². The van der Waals surface area contributed by atoms with Crippen LogP contribution in [0.3, 0.4) is 0 Å². The molecule has 2 N–H and O–H groups in total. The van der Waals surface area contributed by atoms with Crippen molar-refractivity contribution in [1.29, 1.82) is 0 Å². The number of anilines is 2. The Kier molecular flexibility index (Phi) is 4.76. The lowest BCUT2D eigenvalue weighted by Gasteiger charge is -2.19. The highest BCUT2D eigenvalue weighted by Gasteiger charge is 2.26. The first-order valence-electron chi connectivity index (χ1n) is 8.88. The number of carbonyl (C=O) groups excluding carboxylic acids is 2.